The van der Waals surface area contributed by atoms with Gasteiger partial charge in [-0.15, -0.1) is 0 Å². The summed E-state index contributed by atoms with van der Waals surface area (Å²) in [5.41, 5.74) is 2.14. The minimum atomic E-state index is -0.287. The van der Waals surface area contributed by atoms with Gasteiger partial charge in [0.1, 0.15) is 0 Å². The summed E-state index contributed by atoms with van der Waals surface area (Å²) >= 11 is 0. The van der Waals surface area contributed by atoms with E-state index in [4.69, 9.17) is 0 Å². The maximum Gasteiger partial charge on any atom is 0.319 e. The number of nitrogens with one attached hydrogen (secondary N) is 2. The lowest BCUT2D eigenvalue weighted by molar-refractivity contribution is -0.132. The fourth-order valence-corrected chi connectivity index (χ4v) is 3.88. The molecule has 5 heteroatoms. The number of hydrogen-bond acceptors (Lipinski definition) is 2. The zero-order chi connectivity index (χ0) is 19.8. The Morgan fingerprint density at radius 1 is 0.929 bits per heavy atom. The Morgan fingerprint density at radius 3 is 2.18 bits per heavy atom. The van der Waals surface area contributed by atoms with Crippen molar-refractivity contribution < 1.29 is 9.59 Å². The van der Waals surface area contributed by atoms with Crippen molar-refractivity contribution in [1.82, 2.24) is 10.2 Å². The van der Waals surface area contributed by atoms with Crippen molar-refractivity contribution in [2.45, 2.75) is 44.1 Å². The molecule has 2 aromatic carbocycles. The Hall–Kier alpha value is -2.82. The molecule has 1 saturated carbocycles. The molecule has 3 rings (SSSR count). The predicted molar refractivity (Wildman–Crippen MR) is 112 cm³/mol. The third-order valence-corrected chi connectivity index (χ3v) is 5.56. The number of carbonyl (C=O) groups excluding carboxylic acids is 2. The van der Waals surface area contributed by atoms with E-state index in [9.17, 15) is 9.59 Å². The maximum absolute atomic E-state index is 12.5. The van der Waals surface area contributed by atoms with E-state index in [0.29, 0.717) is 24.9 Å². The van der Waals surface area contributed by atoms with E-state index < -0.39 is 0 Å². The molecule has 0 aromatic heterocycles. The second-order valence-corrected chi connectivity index (χ2v) is 7.42. The van der Waals surface area contributed by atoms with Gasteiger partial charge >= 0.3 is 6.03 Å². The Labute approximate surface area is 167 Å². The molecule has 0 saturated heterocycles. The minimum absolute atomic E-state index is 0.0863. The van der Waals surface area contributed by atoms with E-state index in [1.54, 1.807) is 0 Å². The number of amides is 3. The van der Waals surface area contributed by atoms with Crippen molar-refractivity contribution in [2.75, 3.05) is 18.9 Å². The first-order chi connectivity index (χ1) is 13.6. The van der Waals surface area contributed by atoms with Crippen LogP contribution in [0.5, 0.6) is 0 Å². The van der Waals surface area contributed by atoms with Crippen LogP contribution in [0.15, 0.2) is 60.7 Å². The molecule has 0 heterocycles. The summed E-state index contributed by atoms with van der Waals surface area (Å²) in [6, 6.07) is 19.9. The second-order valence-electron chi connectivity index (χ2n) is 7.42. The topological polar surface area (TPSA) is 61.4 Å². The Kier molecular flexibility index (Phi) is 7.06. The smallest absolute Gasteiger partial charge is 0.319 e. The molecule has 0 unspecified atom stereocenters. The van der Waals surface area contributed by atoms with Gasteiger partial charge in [0.25, 0.3) is 0 Å². The van der Waals surface area contributed by atoms with Crippen LogP contribution >= 0.6 is 0 Å². The van der Waals surface area contributed by atoms with Gasteiger partial charge in [0.15, 0.2) is 0 Å². The van der Waals surface area contributed by atoms with Crippen molar-refractivity contribution in [3.63, 3.8) is 0 Å². The monoisotopic (exact) mass is 379 g/mol. The zero-order valence-corrected chi connectivity index (χ0v) is 16.4. The average Bonchev–Trinajstić information content (AvgIpc) is 2.74. The van der Waals surface area contributed by atoms with Crippen molar-refractivity contribution in [2.24, 2.45) is 0 Å². The van der Waals surface area contributed by atoms with Crippen molar-refractivity contribution in [3.8, 4) is 0 Å². The standard InChI is InChI=1S/C23H29N3O2/c1-26(21-14-12-19(13-15-21)18-8-4-2-5-9-18)22(27)16-17-24-23(28)25-20-10-6-3-7-11-20/h2-11,19,21H,12-17H2,1H3,(H2,24,25,28). The number of benzene rings is 2. The van der Waals surface area contributed by atoms with Crippen LogP contribution in [-0.2, 0) is 4.79 Å². The first kappa shape index (κ1) is 19.9. The van der Waals surface area contributed by atoms with Crippen molar-refractivity contribution in [1.29, 1.82) is 0 Å². The molecule has 3 amide bonds. The van der Waals surface area contributed by atoms with Gasteiger partial charge in [0, 0.05) is 31.7 Å². The van der Waals surface area contributed by atoms with Gasteiger partial charge in [-0.05, 0) is 49.3 Å². The van der Waals surface area contributed by atoms with Gasteiger partial charge in [-0.1, -0.05) is 48.5 Å². The van der Waals surface area contributed by atoms with Crippen LogP contribution in [0.4, 0.5) is 10.5 Å². The summed E-state index contributed by atoms with van der Waals surface area (Å²) in [7, 11) is 1.89. The van der Waals surface area contributed by atoms with Crippen LogP contribution in [0.25, 0.3) is 0 Å². The first-order valence-corrected chi connectivity index (χ1v) is 10.0. The number of carbonyl (C=O) groups is 2. The molecule has 148 valence electrons. The third kappa shape index (κ3) is 5.59. The van der Waals surface area contributed by atoms with E-state index >= 15 is 0 Å². The van der Waals surface area contributed by atoms with Crippen LogP contribution in [0, 0.1) is 0 Å². The largest absolute Gasteiger partial charge is 0.343 e. The molecule has 1 fully saturated rings. The zero-order valence-electron chi connectivity index (χ0n) is 16.4. The highest BCUT2D eigenvalue weighted by Crippen LogP contribution is 2.34. The molecule has 0 bridgehead atoms. The molecule has 1 aliphatic carbocycles. The summed E-state index contributed by atoms with van der Waals surface area (Å²) < 4.78 is 0. The van der Waals surface area contributed by atoms with E-state index in [1.165, 1.54) is 5.56 Å². The van der Waals surface area contributed by atoms with Crippen molar-refractivity contribution in [3.05, 3.63) is 66.2 Å². The predicted octanol–water partition coefficient (Wildman–Crippen LogP) is 4.38. The number of anilines is 1. The number of hydrogen-bond donors (Lipinski definition) is 2. The first-order valence-electron chi connectivity index (χ1n) is 10.0. The van der Waals surface area contributed by atoms with E-state index in [0.717, 1.165) is 31.4 Å². The van der Waals surface area contributed by atoms with E-state index in [1.807, 2.05) is 42.3 Å². The summed E-state index contributed by atoms with van der Waals surface area (Å²) in [5, 5.41) is 5.50. The molecule has 0 spiro atoms. The number of rotatable bonds is 6. The van der Waals surface area contributed by atoms with Gasteiger partial charge in [-0.25, -0.2) is 4.79 Å². The lowest BCUT2D eigenvalue weighted by Crippen LogP contribution is -2.41. The van der Waals surface area contributed by atoms with Crippen molar-refractivity contribution >= 4 is 17.6 Å². The van der Waals surface area contributed by atoms with Crippen LogP contribution in [0.3, 0.4) is 0 Å². The summed E-state index contributed by atoms with van der Waals surface area (Å²) in [6.07, 6.45) is 4.61. The summed E-state index contributed by atoms with van der Waals surface area (Å²) in [4.78, 5) is 26.3. The second kappa shape index (κ2) is 9.93. The van der Waals surface area contributed by atoms with E-state index in [-0.39, 0.29) is 11.9 Å². The van der Waals surface area contributed by atoms with E-state index in [2.05, 4.69) is 41.0 Å². The molecule has 2 N–H and O–H groups in total. The van der Waals surface area contributed by atoms with Gasteiger partial charge in [0.05, 0.1) is 0 Å². The molecule has 1 aliphatic rings. The molecule has 2 aromatic rings. The highest BCUT2D eigenvalue weighted by Gasteiger charge is 2.27. The molecule has 0 atom stereocenters. The van der Waals surface area contributed by atoms with Crippen LogP contribution in [0.2, 0.25) is 0 Å². The summed E-state index contributed by atoms with van der Waals surface area (Å²) in [5.74, 6) is 0.687. The lowest BCUT2D eigenvalue weighted by atomic mass is 9.81. The maximum atomic E-state index is 12.5. The lowest BCUT2D eigenvalue weighted by Gasteiger charge is -2.35. The highest BCUT2D eigenvalue weighted by atomic mass is 16.2. The Morgan fingerprint density at radius 2 is 1.54 bits per heavy atom. The molecule has 0 aliphatic heterocycles. The molecule has 28 heavy (non-hydrogen) atoms. The number of urea groups is 1. The average molecular weight is 380 g/mol. The molecule has 5 nitrogen and oxygen atoms in total. The van der Waals surface area contributed by atoms with Gasteiger partial charge in [-0.3, -0.25) is 4.79 Å². The minimum Gasteiger partial charge on any atom is -0.343 e. The Bertz CT molecular complexity index is 756. The van der Waals surface area contributed by atoms with Gasteiger partial charge in [0.2, 0.25) is 5.91 Å². The summed E-state index contributed by atoms with van der Waals surface area (Å²) in [6.45, 7) is 0.335. The van der Waals surface area contributed by atoms with Gasteiger partial charge < -0.3 is 15.5 Å². The fraction of sp³-hybridized carbons (Fsp3) is 0.391. The van der Waals surface area contributed by atoms with Gasteiger partial charge in [-0.2, -0.15) is 0 Å². The van der Waals surface area contributed by atoms with Crippen LogP contribution in [-0.4, -0.2) is 36.5 Å². The fourth-order valence-electron chi connectivity index (χ4n) is 3.88. The third-order valence-electron chi connectivity index (χ3n) is 5.56. The van der Waals surface area contributed by atoms with Crippen LogP contribution in [0.1, 0.15) is 43.6 Å². The number of nitrogens with zero attached hydrogens (tertiary/aromatic N) is 1. The molecule has 0 radical (unpaired) electrons. The molecular weight excluding hydrogens is 350 g/mol. The molecular formula is C23H29N3O2. The normalized spacial score (nSPS) is 18.9. The SMILES string of the molecule is CN(C(=O)CCNC(=O)Nc1ccccc1)C1CCC(c2ccccc2)CC1. The van der Waals surface area contributed by atoms with Crippen LogP contribution < -0.4 is 10.6 Å². The Balaban J connectivity index is 1.37. The number of para-hydroxylation sites is 1. The highest BCUT2D eigenvalue weighted by molar-refractivity contribution is 5.89. The quantitative estimate of drug-likeness (QED) is 0.782.